The number of nitrogens with one attached hydrogen (secondary N) is 1. The van der Waals surface area contributed by atoms with E-state index < -0.39 is 6.10 Å². The van der Waals surface area contributed by atoms with Crippen LogP contribution in [0.2, 0.25) is 0 Å². The van der Waals surface area contributed by atoms with Gasteiger partial charge >= 0.3 is 0 Å². The highest BCUT2D eigenvalue weighted by molar-refractivity contribution is 9.10. The minimum Gasteiger partial charge on any atom is -0.396 e. The number of hydrogen-bond donors (Lipinski definition) is 3. The summed E-state index contributed by atoms with van der Waals surface area (Å²) in [5.41, 5.74) is 0.915. The summed E-state index contributed by atoms with van der Waals surface area (Å²) in [5, 5.41) is 23.0. The number of aliphatic hydroxyl groups excluding tert-OH is 2. The van der Waals surface area contributed by atoms with Gasteiger partial charge in [-0.25, -0.2) is 0 Å². The fourth-order valence-electron chi connectivity index (χ4n) is 2.79. The molecule has 3 atom stereocenters. The molecule has 1 saturated carbocycles. The number of halogens is 1. The second kappa shape index (κ2) is 7.39. The Bertz CT molecular complexity index is 399. The first-order valence-electron chi connectivity index (χ1n) is 6.98. The van der Waals surface area contributed by atoms with Crippen molar-refractivity contribution < 1.29 is 10.2 Å². The molecular formula is C15H22BrNO2. The quantitative estimate of drug-likeness (QED) is 0.779. The maximum Gasteiger partial charge on any atom is 0.0914 e. The van der Waals surface area contributed by atoms with Crippen molar-refractivity contribution in [1.82, 2.24) is 5.32 Å². The molecule has 0 radical (unpaired) electrons. The third-order valence-electron chi connectivity index (χ3n) is 3.95. The molecule has 0 saturated heterocycles. The summed E-state index contributed by atoms with van der Waals surface area (Å²) in [4.78, 5) is 0. The lowest BCUT2D eigenvalue weighted by atomic mass is 9.85. The highest BCUT2D eigenvalue weighted by atomic mass is 79.9. The highest BCUT2D eigenvalue weighted by Crippen LogP contribution is 2.25. The molecule has 2 rings (SSSR count). The van der Waals surface area contributed by atoms with Crippen LogP contribution in [0.5, 0.6) is 0 Å². The Balaban J connectivity index is 1.87. The number of rotatable bonds is 5. The molecule has 4 heteroatoms. The standard InChI is InChI=1S/C15H22BrNO2/c16-13-6-3-5-11(8-13)15(19)9-17-14-7-2-1-4-12(14)10-18/h3,5-6,8,12,14-15,17-19H,1-2,4,7,9-10H2. The fraction of sp³-hybridized carbons (Fsp3) is 0.600. The van der Waals surface area contributed by atoms with E-state index in [1.54, 1.807) is 0 Å². The van der Waals surface area contributed by atoms with Gasteiger partial charge in [-0.15, -0.1) is 0 Å². The van der Waals surface area contributed by atoms with Crippen molar-refractivity contribution in [3.05, 3.63) is 34.3 Å². The molecule has 0 spiro atoms. The average Bonchev–Trinajstić information content (AvgIpc) is 2.45. The van der Waals surface area contributed by atoms with Crippen molar-refractivity contribution in [3.63, 3.8) is 0 Å². The van der Waals surface area contributed by atoms with Gasteiger partial charge in [-0.3, -0.25) is 0 Å². The number of aliphatic hydroxyl groups is 2. The van der Waals surface area contributed by atoms with Crippen LogP contribution >= 0.6 is 15.9 Å². The first-order valence-corrected chi connectivity index (χ1v) is 7.78. The van der Waals surface area contributed by atoms with Gasteiger partial charge in [0, 0.05) is 23.7 Å². The third kappa shape index (κ3) is 4.28. The van der Waals surface area contributed by atoms with Gasteiger partial charge in [-0.05, 0) is 36.5 Å². The van der Waals surface area contributed by atoms with E-state index in [0.717, 1.165) is 22.9 Å². The summed E-state index contributed by atoms with van der Waals surface area (Å²) in [6.45, 7) is 0.780. The Morgan fingerprint density at radius 1 is 1.32 bits per heavy atom. The molecular weight excluding hydrogens is 306 g/mol. The lowest BCUT2D eigenvalue weighted by Crippen LogP contribution is -2.41. The van der Waals surface area contributed by atoms with E-state index >= 15 is 0 Å². The van der Waals surface area contributed by atoms with Crippen LogP contribution in [0.3, 0.4) is 0 Å². The maximum absolute atomic E-state index is 10.2. The molecule has 106 valence electrons. The van der Waals surface area contributed by atoms with Gasteiger partial charge in [0.1, 0.15) is 0 Å². The van der Waals surface area contributed by atoms with Crippen molar-refractivity contribution >= 4 is 15.9 Å². The lowest BCUT2D eigenvalue weighted by Gasteiger charge is -2.31. The van der Waals surface area contributed by atoms with Crippen molar-refractivity contribution in [3.8, 4) is 0 Å². The second-order valence-electron chi connectivity index (χ2n) is 5.31. The second-order valence-corrected chi connectivity index (χ2v) is 6.23. The number of hydrogen-bond acceptors (Lipinski definition) is 3. The molecule has 0 aliphatic heterocycles. The highest BCUT2D eigenvalue weighted by Gasteiger charge is 2.24. The molecule has 0 heterocycles. The fourth-order valence-corrected chi connectivity index (χ4v) is 3.21. The Hall–Kier alpha value is -0.420. The summed E-state index contributed by atoms with van der Waals surface area (Å²) in [7, 11) is 0. The Morgan fingerprint density at radius 2 is 2.11 bits per heavy atom. The summed E-state index contributed by atoms with van der Waals surface area (Å²) in [6, 6.07) is 8.09. The Kier molecular flexibility index (Phi) is 5.82. The zero-order chi connectivity index (χ0) is 13.7. The third-order valence-corrected chi connectivity index (χ3v) is 4.44. The number of benzene rings is 1. The van der Waals surface area contributed by atoms with E-state index in [1.165, 1.54) is 12.8 Å². The molecule has 0 bridgehead atoms. The van der Waals surface area contributed by atoms with Crippen LogP contribution in [-0.4, -0.2) is 29.4 Å². The zero-order valence-electron chi connectivity index (χ0n) is 11.1. The molecule has 1 aliphatic carbocycles. The van der Waals surface area contributed by atoms with Gasteiger partial charge in [0.15, 0.2) is 0 Å². The van der Waals surface area contributed by atoms with Crippen LogP contribution in [0, 0.1) is 5.92 Å². The smallest absolute Gasteiger partial charge is 0.0914 e. The molecule has 1 aliphatic rings. The van der Waals surface area contributed by atoms with Crippen LogP contribution in [0.25, 0.3) is 0 Å². The minimum atomic E-state index is -0.501. The largest absolute Gasteiger partial charge is 0.396 e. The van der Waals surface area contributed by atoms with E-state index in [4.69, 9.17) is 0 Å². The van der Waals surface area contributed by atoms with E-state index in [2.05, 4.69) is 21.2 Å². The van der Waals surface area contributed by atoms with E-state index in [1.807, 2.05) is 24.3 Å². The predicted molar refractivity (Wildman–Crippen MR) is 79.9 cm³/mol. The lowest BCUT2D eigenvalue weighted by molar-refractivity contribution is 0.127. The molecule has 3 unspecified atom stereocenters. The van der Waals surface area contributed by atoms with E-state index in [0.29, 0.717) is 18.5 Å². The van der Waals surface area contributed by atoms with E-state index in [-0.39, 0.29) is 6.61 Å². The molecule has 0 aromatic heterocycles. The van der Waals surface area contributed by atoms with Crippen LogP contribution in [0.15, 0.2) is 28.7 Å². The van der Waals surface area contributed by atoms with Crippen LogP contribution in [0.4, 0.5) is 0 Å². The van der Waals surface area contributed by atoms with E-state index in [9.17, 15) is 10.2 Å². The molecule has 0 amide bonds. The summed E-state index contributed by atoms with van der Waals surface area (Å²) in [5.74, 6) is 0.337. The Morgan fingerprint density at radius 3 is 2.84 bits per heavy atom. The normalized spacial score (nSPS) is 25.2. The zero-order valence-corrected chi connectivity index (χ0v) is 12.6. The molecule has 1 aromatic carbocycles. The van der Waals surface area contributed by atoms with Gasteiger partial charge in [0.25, 0.3) is 0 Å². The van der Waals surface area contributed by atoms with Gasteiger partial charge in [-0.2, -0.15) is 0 Å². The minimum absolute atomic E-state index is 0.241. The van der Waals surface area contributed by atoms with Crippen LogP contribution in [-0.2, 0) is 0 Å². The molecule has 3 nitrogen and oxygen atoms in total. The average molecular weight is 328 g/mol. The molecule has 3 N–H and O–H groups in total. The summed E-state index contributed by atoms with van der Waals surface area (Å²) >= 11 is 3.41. The summed E-state index contributed by atoms with van der Waals surface area (Å²) in [6.07, 6.45) is 4.09. The first kappa shape index (κ1) is 15.0. The van der Waals surface area contributed by atoms with Crippen LogP contribution < -0.4 is 5.32 Å². The predicted octanol–water partition coefficient (Wildman–Crippen LogP) is 2.62. The van der Waals surface area contributed by atoms with Gasteiger partial charge in [0.05, 0.1) is 6.10 Å². The molecule has 19 heavy (non-hydrogen) atoms. The maximum atomic E-state index is 10.2. The van der Waals surface area contributed by atoms with Crippen LogP contribution in [0.1, 0.15) is 37.4 Å². The van der Waals surface area contributed by atoms with Gasteiger partial charge in [-0.1, -0.05) is 40.9 Å². The van der Waals surface area contributed by atoms with Crippen molar-refractivity contribution in [1.29, 1.82) is 0 Å². The van der Waals surface area contributed by atoms with Gasteiger partial charge < -0.3 is 15.5 Å². The monoisotopic (exact) mass is 327 g/mol. The van der Waals surface area contributed by atoms with Crippen molar-refractivity contribution in [2.75, 3.05) is 13.2 Å². The molecule has 1 fully saturated rings. The topological polar surface area (TPSA) is 52.5 Å². The first-order chi connectivity index (χ1) is 9.20. The summed E-state index contributed by atoms with van der Waals surface area (Å²) < 4.78 is 0.981. The Labute approximate surface area is 123 Å². The van der Waals surface area contributed by atoms with Crippen molar-refractivity contribution in [2.45, 2.75) is 37.8 Å². The van der Waals surface area contributed by atoms with Gasteiger partial charge in [0.2, 0.25) is 0 Å². The SMILES string of the molecule is OCC1CCCCC1NCC(O)c1cccc(Br)c1. The van der Waals surface area contributed by atoms with Crippen molar-refractivity contribution in [2.24, 2.45) is 5.92 Å². The molecule has 1 aromatic rings.